The molecule has 0 bridgehead atoms. The van der Waals surface area contributed by atoms with E-state index in [9.17, 15) is 4.79 Å². The lowest BCUT2D eigenvalue weighted by atomic mass is 10.0. The van der Waals surface area contributed by atoms with E-state index in [1.165, 1.54) is 19.3 Å². The molecule has 3 nitrogen and oxygen atoms in total. The fraction of sp³-hybridized carbons (Fsp3) is 0.938. The van der Waals surface area contributed by atoms with Crippen molar-refractivity contribution in [2.24, 2.45) is 17.8 Å². The monoisotopic (exact) mass is 266 g/mol. The summed E-state index contributed by atoms with van der Waals surface area (Å²) in [4.78, 5) is 14.7. The molecule has 1 aliphatic carbocycles. The van der Waals surface area contributed by atoms with Crippen LogP contribution >= 0.6 is 0 Å². The summed E-state index contributed by atoms with van der Waals surface area (Å²) in [5.41, 5.74) is 0. The van der Waals surface area contributed by atoms with E-state index in [4.69, 9.17) is 0 Å². The van der Waals surface area contributed by atoms with Crippen LogP contribution < -0.4 is 5.32 Å². The van der Waals surface area contributed by atoms with Crippen LogP contribution in [-0.4, -0.2) is 29.6 Å². The fourth-order valence-electron chi connectivity index (χ4n) is 3.72. The van der Waals surface area contributed by atoms with E-state index >= 15 is 0 Å². The molecule has 0 aromatic carbocycles. The van der Waals surface area contributed by atoms with Crippen LogP contribution in [0.1, 0.15) is 59.8 Å². The minimum atomic E-state index is 0.0660. The van der Waals surface area contributed by atoms with Crippen molar-refractivity contribution in [3.8, 4) is 0 Å². The average Bonchev–Trinajstić information content (AvgIpc) is 2.88. The van der Waals surface area contributed by atoms with Gasteiger partial charge in [-0.3, -0.25) is 10.1 Å². The Balaban J connectivity index is 2.00. The Hall–Kier alpha value is -0.570. The summed E-state index contributed by atoms with van der Waals surface area (Å²) >= 11 is 0. The van der Waals surface area contributed by atoms with Crippen LogP contribution in [0, 0.1) is 17.8 Å². The molecule has 1 N–H and O–H groups in total. The Morgan fingerprint density at radius 2 is 2.11 bits per heavy atom. The second-order valence-electron chi connectivity index (χ2n) is 6.97. The van der Waals surface area contributed by atoms with E-state index in [0.717, 1.165) is 31.2 Å². The Labute approximate surface area is 118 Å². The molecule has 4 unspecified atom stereocenters. The van der Waals surface area contributed by atoms with E-state index in [0.29, 0.717) is 11.8 Å². The van der Waals surface area contributed by atoms with Crippen LogP contribution in [0.15, 0.2) is 0 Å². The standard InChI is InChI=1S/C16H30N2O/c1-5-6-14-16(19)18(15(17-14)11(2)3)10-13-8-7-12(4)9-13/h11-15,17H,5-10H2,1-4H3. The maximum atomic E-state index is 12.5. The number of hydrogen-bond donors (Lipinski definition) is 1. The van der Waals surface area contributed by atoms with Gasteiger partial charge in [0.2, 0.25) is 5.91 Å². The van der Waals surface area contributed by atoms with Gasteiger partial charge in [0.05, 0.1) is 12.2 Å². The topological polar surface area (TPSA) is 32.3 Å². The van der Waals surface area contributed by atoms with Gasteiger partial charge in [-0.25, -0.2) is 0 Å². The van der Waals surface area contributed by atoms with Gasteiger partial charge in [-0.1, -0.05) is 40.5 Å². The lowest BCUT2D eigenvalue weighted by Gasteiger charge is -2.29. The lowest BCUT2D eigenvalue weighted by Crippen LogP contribution is -2.43. The van der Waals surface area contributed by atoms with Gasteiger partial charge in [0, 0.05) is 6.54 Å². The molecular weight excluding hydrogens is 236 g/mol. The molecule has 0 spiro atoms. The zero-order chi connectivity index (χ0) is 14.0. The van der Waals surface area contributed by atoms with Gasteiger partial charge in [0.1, 0.15) is 0 Å². The van der Waals surface area contributed by atoms with Crippen LogP contribution in [0.25, 0.3) is 0 Å². The zero-order valence-electron chi connectivity index (χ0n) is 13.0. The van der Waals surface area contributed by atoms with Crippen LogP contribution in [0.4, 0.5) is 0 Å². The second-order valence-corrected chi connectivity index (χ2v) is 6.97. The maximum absolute atomic E-state index is 12.5. The van der Waals surface area contributed by atoms with Gasteiger partial charge in [0.25, 0.3) is 0 Å². The van der Waals surface area contributed by atoms with Crippen molar-refractivity contribution in [2.45, 2.75) is 72.0 Å². The molecule has 1 heterocycles. The molecule has 1 saturated heterocycles. The Kier molecular flexibility index (Phi) is 4.88. The second kappa shape index (κ2) is 6.25. The highest BCUT2D eigenvalue weighted by Crippen LogP contribution is 2.32. The van der Waals surface area contributed by atoms with E-state index in [2.05, 4.69) is 37.9 Å². The number of carbonyl (C=O) groups is 1. The highest BCUT2D eigenvalue weighted by Gasteiger charge is 2.40. The normalized spacial score (nSPS) is 35.6. The number of hydrogen-bond acceptors (Lipinski definition) is 2. The summed E-state index contributed by atoms with van der Waals surface area (Å²) in [5.74, 6) is 2.41. The van der Waals surface area contributed by atoms with Gasteiger partial charge in [0.15, 0.2) is 0 Å². The molecule has 19 heavy (non-hydrogen) atoms. The number of nitrogens with one attached hydrogen (secondary N) is 1. The smallest absolute Gasteiger partial charge is 0.241 e. The number of amides is 1. The molecule has 3 heteroatoms. The SMILES string of the molecule is CCCC1NC(C(C)C)N(CC2CCC(C)C2)C1=O. The van der Waals surface area contributed by atoms with Crippen molar-refractivity contribution in [3.63, 3.8) is 0 Å². The molecule has 1 amide bonds. The maximum Gasteiger partial charge on any atom is 0.241 e. The first-order chi connectivity index (χ1) is 9.02. The Bertz CT molecular complexity index is 316. The quantitative estimate of drug-likeness (QED) is 0.829. The molecule has 0 aromatic heterocycles. The molecule has 2 aliphatic rings. The van der Waals surface area contributed by atoms with Crippen LogP contribution in [0.2, 0.25) is 0 Å². The molecule has 0 radical (unpaired) electrons. The molecule has 1 aliphatic heterocycles. The van der Waals surface area contributed by atoms with E-state index in [1.54, 1.807) is 0 Å². The van der Waals surface area contributed by atoms with Crippen molar-refractivity contribution >= 4 is 5.91 Å². The number of carbonyl (C=O) groups excluding carboxylic acids is 1. The predicted octanol–water partition coefficient (Wildman–Crippen LogP) is 3.01. The van der Waals surface area contributed by atoms with Gasteiger partial charge < -0.3 is 4.90 Å². The van der Waals surface area contributed by atoms with Crippen molar-refractivity contribution in [1.82, 2.24) is 10.2 Å². The molecular formula is C16H30N2O. The van der Waals surface area contributed by atoms with Crippen molar-refractivity contribution in [1.29, 1.82) is 0 Å². The van der Waals surface area contributed by atoms with E-state index in [-0.39, 0.29) is 12.2 Å². The Morgan fingerprint density at radius 3 is 2.63 bits per heavy atom. The summed E-state index contributed by atoms with van der Waals surface area (Å²) in [6.45, 7) is 9.89. The van der Waals surface area contributed by atoms with Crippen molar-refractivity contribution < 1.29 is 4.79 Å². The summed E-state index contributed by atoms with van der Waals surface area (Å²) in [6.07, 6.45) is 6.23. The van der Waals surface area contributed by atoms with Gasteiger partial charge in [-0.15, -0.1) is 0 Å². The van der Waals surface area contributed by atoms with Crippen LogP contribution in [-0.2, 0) is 4.79 Å². The third-order valence-electron chi connectivity index (χ3n) is 4.76. The molecule has 4 atom stereocenters. The minimum Gasteiger partial charge on any atom is -0.325 e. The van der Waals surface area contributed by atoms with Crippen molar-refractivity contribution in [2.75, 3.05) is 6.54 Å². The van der Waals surface area contributed by atoms with E-state index < -0.39 is 0 Å². The summed E-state index contributed by atoms with van der Waals surface area (Å²) < 4.78 is 0. The first-order valence-corrected chi connectivity index (χ1v) is 8.09. The van der Waals surface area contributed by atoms with Gasteiger partial charge >= 0.3 is 0 Å². The highest BCUT2D eigenvalue weighted by atomic mass is 16.2. The molecule has 1 saturated carbocycles. The summed E-state index contributed by atoms with van der Waals surface area (Å²) in [5, 5.41) is 3.55. The molecule has 0 aromatic rings. The summed E-state index contributed by atoms with van der Waals surface area (Å²) in [7, 11) is 0. The fourth-order valence-corrected chi connectivity index (χ4v) is 3.72. The van der Waals surface area contributed by atoms with E-state index in [1.807, 2.05) is 0 Å². The van der Waals surface area contributed by atoms with Crippen LogP contribution in [0.3, 0.4) is 0 Å². The average molecular weight is 266 g/mol. The molecule has 2 fully saturated rings. The van der Waals surface area contributed by atoms with Crippen LogP contribution in [0.5, 0.6) is 0 Å². The van der Waals surface area contributed by atoms with Gasteiger partial charge in [-0.2, -0.15) is 0 Å². The number of rotatable bonds is 5. The predicted molar refractivity (Wildman–Crippen MR) is 78.7 cm³/mol. The molecule has 110 valence electrons. The zero-order valence-corrected chi connectivity index (χ0v) is 13.0. The Morgan fingerprint density at radius 1 is 1.37 bits per heavy atom. The minimum absolute atomic E-state index is 0.0660. The molecule has 2 rings (SSSR count). The third kappa shape index (κ3) is 3.31. The first kappa shape index (κ1) is 14.8. The number of nitrogens with zero attached hydrogens (tertiary/aromatic N) is 1. The van der Waals surface area contributed by atoms with Gasteiger partial charge in [-0.05, 0) is 37.0 Å². The lowest BCUT2D eigenvalue weighted by molar-refractivity contribution is -0.131. The third-order valence-corrected chi connectivity index (χ3v) is 4.76. The summed E-state index contributed by atoms with van der Waals surface area (Å²) in [6, 6.07) is 0.0660. The highest BCUT2D eigenvalue weighted by molar-refractivity contribution is 5.84. The van der Waals surface area contributed by atoms with Crippen molar-refractivity contribution in [3.05, 3.63) is 0 Å². The first-order valence-electron chi connectivity index (χ1n) is 8.09. The largest absolute Gasteiger partial charge is 0.325 e.